The van der Waals surface area contributed by atoms with Gasteiger partial charge in [0, 0.05) is 24.0 Å². The zero-order valence-corrected chi connectivity index (χ0v) is 18.2. The number of carbonyl (C=O) groups is 1. The maximum absolute atomic E-state index is 12.7. The molecule has 3 heterocycles. The summed E-state index contributed by atoms with van der Waals surface area (Å²) in [5.41, 5.74) is 4.47. The van der Waals surface area contributed by atoms with Gasteiger partial charge in [0.1, 0.15) is 5.82 Å². The predicted molar refractivity (Wildman–Crippen MR) is 118 cm³/mol. The number of fused-ring (bicyclic) bond motifs is 1. The SMILES string of the molecule is CCn1c(SCC(=O)Nc2cc(C)nn2-c2nc(C)cc(C)n2)nc2ccccc21. The van der Waals surface area contributed by atoms with Crippen LogP contribution >= 0.6 is 11.8 Å². The Bertz CT molecular complexity index is 1210. The van der Waals surface area contributed by atoms with Crippen LogP contribution in [0.25, 0.3) is 17.0 Å². The first kappa shape index (κ1) is 20.1. The van der Waals surface area contributed by atoms with Gasteiger partial charge in [0.2, 0.25) is 5.91 Å². The van der Waals surface area contributed by atoms with E-state index in [0.717, 1.165) is 39.8 Å². The van der Waals surface area contributed by atoms with Crippen molar-refractivity contribution < 1.29 is 4.79 Å². The minimum absolute atomic E-state index is 0.139. The van der Waals surface area contributed by atoms with Gasteiger partial charge in [0.25, 0.3) is 5.95 Å². The molecule has 0 aliphatic heterocycles. The number of aromatic nitrogens is 6. The third-order valence-corrected chi connectivity index (χ3v) is 5.50. The second kappa shape index (κ2) is 8.27. The highest BCUT2D eigenvalue weighted by Crippen LogP contribution is 2.24. The lowest BCUT2D eigenvalue weighted by Crippen LogP contribution is -2.18. The van der Waals surface area contributed by atoms with Crippen LogP contribution in [0.15, 0.2) is 41.6 Å². The molecule has 0 radical (unpaired) electrons. The van der Waals surface area contributed by atoms with Crippen molar-refractivity contribution in [2.24, 2.45) is 0 Å². The molecule has 1 amide bonds. The summed E-state index contributed by atoms with van der Waals surface area (Å²) in [6, 6.07) is 11.7. The number of aryl methyl sites for hydroxylation is 4. The topological polar surface area (TPSA) is 90.5 Å². The second-order valence-electron chi connectivity index (χ2n) is 7.00. The molecule has 0 bridgehead atoms. The van der Waals surface area contributed by atoms with Crippen molar-refractivity contribution in [3.63, 3.8) is 0 Å². The number of rotatable bonds is 6. The van der Waals surface area contributed by atoms with Crippen LogP contribution in [0, 0.1) is 20.8 Å². The number of para-hydroxylation sites is 2. The minimum Gasteiger partial charge on any atom is -0.319 e. The minimum atomic E-state index is -0.139. The van der Waals surface area contributed by atoms with E-state index in [1.54, 1.807) is 4.68 Å². The maximum atomic E-state index is 12.7. The Labute approximate surface area is 178 Å². The highest BCUT2D eigenvalue weighted by atomic mass is 32.2. The third-order valence-electron chi connectivity index (χ3n) is 4.53. The van der Waals surface area contributed by atoms with E-state index in [0.29, 0.717) is 11.8 Å². The van der Waals surface area contributed by atoms with E-state index < -0.39 is 0 Å². The van der Waals surface area contributed by atoms with Crippen LogP contribution in [-0.2, 0) is 11.3 Å². The largest absolute Gasteiger partial charge is 0.319 e. The van der Waals surface area contributed by atoms with Crippen LogP contribution in [0.4, 0.5) is 5.82 Å². The molecular weight excluding hydrogens is 398 g/mol. The van der Waals surface area contributed by atoms with Crippen molar-refractivity contribution in [3.8, 4) is 5.95 Å². The fraction of sp³-hybridized carbons (Fsp3) is 0.286. The van der Waals surface area contributed by atoms with Crippen molar-refractivity contribution in [3.05, 3.63) is 53.5 Å². The van der Waals surface area contributed by atoms with E-state index in [1.165, 1.54) is 11.8 Å². The molecule has 0 atom stereocenters. The summed E-state index contributed by atoms with van der Waals surface area (Å²) in [5.74, 6) is 1.09. The van der Waals surface area contributed by atoms with Crippen LogP contribution in [0.2, 0.25) is 0 Å². The first-order valence-electron chi connectivity index (χ1n) is 9.72. The van der Waals surface area contributed by atoms with Gasteiger partial charge in [-0.2, -0.15) is 9.78 Å². The summed E-state index contributed by atoms with van der Waals surface area (Å²) in [5, 5.41) is 8.21. The van der Waals surface area contributed by atoms with E-state index in [4.69, 9.17) is 0 Å². The van der Waals surface area contributed by atoms with Gasteiger partial charge in [-0.25, -0.2) is 15.0 Å². The molecule has 0 aliphatic carbocycles. The fourth-order valence-corrected chi connectivity index (χ4v) is 4.20. The van der Waals surface area contributed by atoms with Crippen LogP contribution in [0.5, 0.6) is 0 Å². The monoisotopic (exact) mass is 421 g/mol. The van der Waals surface area contributed by atoms with Gasteiger partial charge in [-0.1, -0.05) is 23.9 Å². The molecule has 9 heteroatoms. The third kappa shape index (κ3) is 4.06. The van der Waals surface area contributed by atoms with E-state index >= 15 is 0 Å². The van der Waals surface area contributed by atoms with Crippen molar-refractivity contribution >= 4 is 34.5 Å². The molecule has 0 unspecified atom stereocenters. The van der Waals surface area contributed by atoms with Crippen molar-refractivity contribution in [1.82, 2.24) is 29.3 Å². The second-order valence-corrected chi connectivity index (χ2v) is 7.94. The first-order chi connectivity index (χ1) is 14.4. The Morgan fingerprint density at radius 3 is 2.50 bits per heavy atom. The lowest BCUT2D eigenvalue weighted by molar-refractivity contribution is -0.113. The quantitative estimate of drug-likeness (QED) is 0.478. The molecule has 0 saturated heterocycles. The van der Waals surface area contributed by atoms with Crippen LogP contribution in [-0.4, -0.2) is 41.0 Å². The molecule has 154 valence electrons. The number of hydrogen-bond acceptors (Lipinski definition) is 6. The van der Waals surface area contributed by atoms with Gasteiger partial charge in [-0.05, 0) is 45.9 Å². The first-order valence-corrected chi connectivity index (χ1v) is 10.7. The van der Waals surface area contributed by atoms with E-state index in [-0.39, 0.29) is 11.7 Å². The lowest BCUT2D eigenvalue weighted by Gasteiger charge is -2.09. The van der Waals surface area contributed by atoms with Gasteiger partial charge in [-0.3, -0.25) is 4.79 Å². The number of thioether (sulfide) groups is 1. The van der Waals surface area contributed by atoms with E-state index in [9.17, 15) is 4.79 Å². The van der Waals surface area contributed by atoms with Gasteiger partial charge < -0.3 is 9.88 Å². The lowest BCUT2D eigenvalue weighted by atomic mass is 10.3. The zero-order valence-electron chi connectivity index (χ0n) is 17.4. The molecule has 0 fully saturated rings. The Morgan fingerprint density at radius 1 is 1.03 bits per heavy atom. The number of nitrogens with one attached hydrogen (secondary N) is 1. The van der Waals surface area contributed by atoms with Crippen LogP contribution < -0.4 is 5.32 Å². The molecule has 4 aromatic rings. The summed E-state index contributed by atoms with van der Waals surface area (Å²) < 4.78 is 3.68. The Morgan fingerprint density at radius 2 is 1.77 bits per heavy atom. The molecule has 0 aliphatic rings. The highest BCUT2D eigenvalue weighted by molar-refractivity contribution is 7.99. The predicted octanol–water partition coefficient (Wildman–Crippen LogP) is 3.69. The summed E-state index contributed by atoms with van der Waals surface area (Å²) in [6.07, 6.45) is 0. The standard InChI is InChI=1S/C21H23N7OS/c1-5-27-17-9-7-6-8-16(17)24-21(27)30-12-19(29)25-18-11-15(4)26-28(18)20-22-13(2)10-14(3)23-20/h6-11H,5,12H2,1-4H3,(H,25,29). The van der Waals surface area contributed by atoms with E-state index in [2.05, 4.69) is 36.9 Å². The van der Waals surface area contributed by atoms with Crippen molar-refractivity contribution in [1.29, 1.82) is 0 Å². The average Bonchev–Trinajstić information content (AvgIpc) is 3.25. The Hall–Kier alpha value is -3.20. The number of hydrogen-bond donors (Lipinski definition) is 1. The number of carbonyl (C=O) groups excluding carboxylic acids is 1. The number of nitrogens with zero attached hydrogens (tertiary/aromatic N) is 6. The molecule has 30 heavy (non-hydrogen) atoms. The molecule has 3 aromatic heterocycles. The number of benzene rings is 1. The van der Waals surface area contributed by atoms with Gasteiger partial charge in [-0.15, -0.1) is 0 Å². The summed E-state index contributed by atoms with van der Waals surface area (Å²) in [6.45, 7) is 8.55. The number of amides is 1. The van der Waals surface area contributed by atoms with Crippen molar-refractivity contribution in [2.75, 3.05) is 11.1 Å². The zero-order chi connectivity index (χ0) is 21.3. The van der Waals surface area contributed by atoms with Crippen molar-refractivity contribution in [2.45, 2.75) is 39.4 Å². The number of anilines is 1. The molecule has 1 aromatic carbocycles. The molecule has 1 N–H and O–H groups in total. The van der Waals surface area contributed by atoms with Crippen LogP contribution in [0.3, 0.4) is 0 Å². The fourth-order valence-electron chi connectivity index (χ4n) is 3.32. The summed E-state index contributed by atoms with van der Waals surface area (Å²) in [4.78, 5) is 26.2. The number of imidazole rings is 1. The van der Waals surface area contributed by atoms with Gasteiger partial charge in [0.15, 0.2) is 5.16 Å². The smallest absolute Gasteiger partial charge is 0.252 e. The Balaban J connectivity index is 1.52. The van der Waals surface area contributed by atoms with Gasteiger partial charge >= 0.3 is 0 Å². The van der Waals surface area contributed by atoms with E-state index in [1.807, 2.05) is 57.2 Å². The molecule has 4 rings (SSSR count). The summed E-state index contributed by atoms with van der Waals surface area (Å²) in [7, 11) is 0. The molecule has 8 nitrogen and oxygen atoms in total. The molecule has 0 saturated carbocycles. The highest BCUT2D eigenvalue weighted by Gasteiger charge is 2.16. The Kier molecular flexibility index (Phi) is 5.54. The molecular formula is C21H23N7OS. The summed E-state index contributed by atoms with van der Waals surface area (Å²) >= 11 is 1.42. The van der Waals surface area contributed by atoms with Gasteiger partial charge in [0.05, 0.1) is 22.5 Å². The normalized spacial score (nSPS) is 11.2. The molecule has 0 spiro atoms. The average molecular weight is 422 g/mol. The maximum Gasteiger partial charge on any atom is 0.252 e. The van der Waals surface area contributed by atoms with Crippen LogP contribution in [0.1, 0.15) is 24.0 Å².